The molecule has 4 N–H and O–H groups in total. The number of hydrogen-bond acceptors (Lipinski definition) is 7. The maximum Gasteiger partial charge on any atom is 0.253 e. The van der Waals surface area contributed by atoms with Crippen LogP contribution in [0.25, 0.3) is 0 Å². The summed E-state index contributed by atoms with van der Waals surface area (Å²) in [4.78, 5) is 12.6. The van der Waals surface area contributed by atoms with Crippen LogP contribution in [0, 0.1) is 5.92 Å². The molecule has 9 nitrogen and oxygen atoms in total. The molecule has 1 amide bonds. The first-order chi connectivity index (χ1) is 14.3. The molecule has 1 saturated carbocycles. The van der Waals surface area contributed by atoms with Gasteiger partial charge in [-0.2, -0.15) is 10.2 Å². The molecule has 0 aromatic carbocycles. The number of sulfonamides is 1. The second-order valence-electron chi connectivity index (χ2n) is 8.04. The second-order valence-corrected chi connectivity index (χ2v) is 9.89. The van der Waals surface area contributed by atoms with Crippen molar-refractivity contribution in [1.82, 2.24) is 20.2 Å². The summed E-state index contributed by atoms with van der Waals surface area (Å²) in [6, 6.07) is 0.736. The molecule has 0 radical (unpaired) electrons. The van der Waals surface area contributed by atoms with Crippen LogP contribution in [0.3, 0.4) is 0 Å². The summed E-state index contributed by atoms with van der Waals surface area (Å²) >= 11 is 0. The Balaban J connectivity index is 2.06. The highest BCUT2D eigenvalue weighted by atomic mass is 32.2. The van der Waals surface area contributed by atoms with Crippen LogP contribution < -0.4 is 10.0 Å². The summed E-state index contributed by atoms with van der Waals surface area (Å²) in [5, 5.41) is 31.3. The minimum Gasteiger partial charge on any atom is -0.389 e. The van der Waals surface area contributed by atoms with Crippen molar-refractivity contribution < 1.29 is 23.4 Å². The fourth-order valence-electron chi connectivity index (χ4n) is 3.80. The molecular weight excluding hydrogens is 408 g/mol. The van der Waals surface area contributed by atoms with Gasteiger partial charge < -0.3 is 15.5 Å². The number of carbonyl (C=O) groups is 1. The van der Waals surface area contributed by atoms with Gasteiger partial charge in [-0.15, -0.1) is 0 Å². The Hall–Kier alpha value is -1.62. The maximum atomic E-state index is 12.6. The van der Waals surface area contributed by atoms with Crippen LogP contribution >= 0.6 is 0 Å². The highest BCUT2D eigenvalue weighted by molar-refractivity contribution is 7.89. The Bertz CT molecular complexity index is 741. The van der Waals surface area contributed by atoms with Crippen molar-refractivity contribution in [2.24, 2.45) is 5.92 Å². The van der Waals surface area contributed by atoms with Gasteiger partial charge in [0.2, 0.25) is 10.0 Å². The number of unbranched alkanes of at least 4 members (excludes halogenated alkanes) is 1. The molecule has 1 aliphatic carbocycles. The lowest BCUT2D eigenvalue weighted by Gasteiger charge is -2.32. The van der Waals surface area contributed by atoms with Crippen LogP contribution in [-0.2, 0) is 10.0 Å². The number of aliphatic hydroxyl groups is 2. The minimum absolute atomic E-state index is 0.286. The van der Waals surface area contributed by atoms with Gasteiger partial charge in [0, 0.05) is 6.54 Å². The molecule has 1 aromatic rings. The van der Waals surface area contributed by atoms with Gasteiger partial charge in [-0.3, -0.25) is 4.79 Å². The van der Waals surface area contributed by atoms with Crippen molar-refractivity contribution in [3.8, 4) is 0 Å². The molecule has 0 saturated heterocycles. The van der Waals surface area contributed by atoms with E-state index in [1.165, 1.54) is 24.9 Å². The monoisotopic (exact) mass is 442 g/mol. The van der Waals surface area contributed by atoms with Crippen molar-refractivity contribution in [3.63, 3.8) is 0 Å². The molecule has 30 heavy (non-hydrogen) atoms. The van der Waals surface area contributed by atoms with E-state index in [1.54, 1.807) is 0 Å². The van der Waals surface area contributed by atoms with E-state index in [0.717, 1.165) is 32.1 Å². The number of nitrogens with one attached hydrogen (secondary N) is 2. The van der Waals surface area contributed by atoms with Crippen molar-refractivity contribution >= 4 is 15.9 Å². The number of hydrogen-bond donors (Lipinski definition) is 4. The quantitative estimate of drug-likeness (QED) is 0.354. The van der Waals surface area contributed by atoms with E-state index in [1.807, 2.05) is 6.92 Å². The lowest BCUT2D eigenvalue weighted by atomic mass is 9.83. The van der Waals surface area contributed by atoms with Crippen LogP contribution in [-0.4, -0.2) is 65.3 Å². The van der Waals surface area contributed by atoms with Crippen molar-refractivity contribution in [2.45, 2.75) is 76.5 Å². The number of nitrogens with zero attached hydrogens (tertiary/aromatic N) is 2. The molecule has 0 bridgehead atoms. The minimum atomic E-state index is -3.74. The summed E-state index contributed by atoms with van der Waals surface area (Å²) in [7, 11) is -3.74. The van der Waals surface area contributed by atoms with Gasteiger partial charge in [0.05, 0.1) is 35.9 Å². The van der Waals surface area contributed by atoms with Crippen LogP contribution in [0.4, 0.5) is 0 Å². The van der Waals surface area contributed by atoms with E-state index in [0.29, 0.717) is 25.3 Å². The number of rotatable bonds is 12. The molecule has 1 fully saturated rings. The first-order valence-electron chi connectivity index (χ1n) is 10.7. The van der Waals surface area contributed by atoms with E-state index >= 15 is 0 Å². The molecule has 10 heteroatoms. The molecule has 0 spiro atoms. The Labute approximate surface area is 178 Å². The largest absolute Gasteiger partial charge is 0.389 e. The Morgan fingerprint density at radius 1 is 1.23 bits per heavy atom. The van der Waals surface area contributed by atoms with Gasteiger partial charge in [0.15, 0.2) is 0 Å². The van der Waals surface area contributed by atoms with Crippen LogP contribution in [0.1, 0.15) is 68.6 Å². The van der Waals surface area contributed by atoms with Gasteiger partial charge >= 0.3 is 0 Å². The van der Waals surface area contributed by atoms with E-state index in [4.69, 9.17) is 0 Å². The number of aromatic nitrogens is 2. The highest BCUT2D eigenvalue weighted by Crippen LogP contribution is 2.28. The third kappa shape index (κ3) is 8.25. The predicted molar refractivity (Wildman–Crippen MR) is 113 cm³/mol. The molecule has 1 aromatic heterocycles. The molecule has 1 aliphatic rings. The van der Waals surface area contributed by atoms with Crippen molar-refractivity contribution in [3.05, 3.63) is 24.0 Å². The summed E-state index contributed by atoms with van der Waals surface area (Å²) < 4.78 is 26.8. The Morgan fingerprint density at radius 2 is 1.97 bits per heavy atom. The van der Waals surface area contributed by atoms with Gasteiger partial charge in [0.25, 0.3) is 5.91 Å². The number of amides is 1. The SMILES string of the molecule is CCCCNS(=O)(=O)CC(O)C(O)C(CC1CCCCC1)NC(=O)c1ccnnc1. The predicted octanol–water partition coefficient (Wildman–Crippen LogP) is 0.987. The normalized spacial score (nSPS) is 18.5. The molecule has 2 rings (SSSR count). The molecule has 1 heterocycles. The fraction of sp³-hybridized carbons (Fsp3) is 0.750. The van der Waals surface area contributed by atoms with Crippen molar-refractivity contribution in [2.75, 3.05) is 12.3 Å². The van der Waals surface area contributed by atoms with E-state index in [-0.39, 0.29) is 5.56 Å². The second kappa shape index (κ2) is 12.3. The lowest BCUT2D eigenvalue weighted by Crippen LogP contribution is -2.52. The Kier molecular flexibility index (Phi) is 10.1. The van der Waals surface area contributed by atoms with Crippen LogP contribution in [0.15, 0.2) is 18.5 Å². The third-order valence-corrected chi connectivity index (χ3v) is 6.95. The topological polar surface area (TPSA) is 142 Å². The summed E-state index contributed by atoms with van der Waals surface area (Å²) in [6.45, 7) is 2.24. The van der Waals surface area contributed by atoms with E-state index < -0.39 is 39.9 Å². The van der Waals surface area contributed by atoms with Gasteiger partial charge in [-0.1, -0.05) is 45.4 Å². The summed E-state index contributed by atoms with van der Waals surface area (Å²) in [6.07, 6.45) is 7.12. The van der Waals surface area contributed by atoms with Gasteiger partial charge in [0.1, 0.15) is 6.10 Å². The maximum absolute atomic E-state index is 12.6. The van der Waals surface area contributed by atoms with Crippen molar-refractivity contribution in [1.29, 1.82) is 0 Å². The third-order valence-electron chi connectivity index (χ3n) is 5.52. The first kappa shape index (κ1) is 24.6. The standard InChI is InChI=1S/C20H34N4O5S/c1-2-3-10-23-30(28,29)14-18(25)19(26)17(12-15-7-5-4-6-8-15)24-20(27)16-9-11-21-22-13-16/h9,11,13,15,17-19,23,25-26H,2-8,10,12,14H2,1H3,(H,24,27). The van der Waals surface area contributed by atoms with E-state index in [9.17, 15) is 23.4 Å². The average Bonchev–Trinajstić information content (AvgIpc) is 2.73. The first-order valence-corrected chi connectivity index (χ1v) is 12.4. The van der Waals surface area contributed by atoms with Crippen LogP contribution in [0.5, 0.6) is 0 Å². The molecule has 0 aliphatic heterocycles. The zero-order chi connectivity index (χ0) is 22.0. The smallest absolute Gasteiger partial charge is 0.253 e. The number of carbonyl (C=O) groups excluding carboxylic acids is 1. The number of aliphatic hydroxyl groups excluding tert-OH is 2. The van der Waals surface area contributed by atoms with Crippen LogP contribution in [0.2, 0.25) is 0 Å². The molecule has 3 atom stereocenters. The zero-order valence-electron chi connectivity index (χ0n) is 17.5. The van der Waals surface area contributed by atoms with Gasteiger partial charge in [-0.25, -0.2) is 13.1 Å². The lowest BCUT2D eigenvalue weighted by molar-refractivity contribution is 0.00200. The highest BCUT2D eigenvalue weighted by Gasteiger charge is 2.33. The zero-order valence-corrected chi connectivity index (χ0v) is 18.4. The Morgan fingerprint density at radius 3 is 2.60 bits per heavy atom. The average molecular weight is 443 g/mol. The van der Waals surface area contributed by atoms with E-state index in [2.05, 4.69) is 20.2 Å². The van der Waals surface area contributed by atoms with Gasteiger partial charge in [-0.05, 0) is 24.8 Å². The summed E-state index contributed by atoms with van der Waals surface area (Å²) in [5.41, 5.74) is 0.286. The summed E-state index contributed by atoms with van der Waals surface area (Å²) in [5.74, 6) is -0.757. The molecular formula is C20H34N4O5S. The molecule has 170 valence electrons. The fourth-order valence-corrected chi connectivity index (χ4v) is 5.02. The molecule has 3 unspecified atom stereocenters.